The molecule has 27 heavy (non-hydrogen) atoms. The Labute approximate surface area is 163 Å². The van der Waals surface area contributed by atoms with E-state index in [0.717, 1.165) is 16.4 Å². The van der Waals surface area contributed by atoms with Crippen LogP contribution in [0.5, 0.6) is 5.75 Å². The second-order valence-electron chi connectivity index (χ2n) is 5.98. The Kier molecular flexibility index (Phi) is 4.87. The molecule has 7 nitrogen and oxygen atoms in total. The summed E-state index contributed by atoms with van der Waals surface area (Å²) in [4.78, 5) is 26.9. The van der Waals surface area contributed by atoms with Crippen molar-refractivity contribution in [3.8, 4) is 5.75 Å². The number of anilines is 2. The normalized spacial score (nSPS) is 16.6. The number of carbonyl (C=O) groups is 2. The fraction of sp³-hybridized carbons (Fsp3) is 0.222. The molecular formula is C18H16N4O3S2. The highest BCUT2D eigenvalue weighted by molar-refractivity contribution is 7.15. The van der Waals surface area contributed by atoms with Crippen molar-refractivity contribution in [2.24, 2.45) is 0 Å². The van der Waals surface area contributed by atoms with Crippen LogP contribution in [0.3, 0.4) is 0 Å². The van der Waals surface area contributed by atoms with Gasteiger partial charge in [0.15, 0.2) is 0 Å². The van der Waals surface area contributed by atoms with Crippen molar-refractivity contribution in [3.63, 3.8) is 0 Å². The number of nitrogens with one attached hydrogen (secondary N) is 1. The number of hydrogen-bond donors (Lipinski definition) is 1. The van der Waals surface area contributed by atoms with Gasteiger partial charge in [-0.25, -0.2) is 0 Å². The Hall–Kier alpha value is -2.78. The number of benzene rings is 1. The molecular weight excluding hydrogens is 384 g/mol. The number of methoxy groups -OCH3 is 1. The molecule has 1 aliphatic rings. The van der Waals surface area contributed by atoms with Crippen LogP contribution in [0, 0.1) is 0 Å². The molecule has 138 valence electrons. The van der Waals surface area contributed by atoms with Crippen molar-refractivity contribution in [2.75, 3.05) is 23.9 Å². The van der Waals surface area contributed by atoms with Crippen LogP contribution in [0.15, 0.2) is 41.8 Å². The highest BCUT2D eigenvalue weighted by Gasteiger charge is 2.34. The van der Waals surface area contributed by atoms with E-state index in [-0.39, 0.29) is 17.7 Å². The summed E-state index contributed by atoms with van der Waals surface area (Å²) in [6, 6.07) is 11.0. The van der Waals surface area contributed by atoms with Gasteiger partial charge in [-0.15, -0.1) is 21.5 Å². The number of hydrogen-bond acceptors (Lipinski definition) is 7. The first-order valence-electron chi connectivity index (χ1n) is 8.26. The summed E-state index contributed by atoms with van der Waals surface area (Å²) in [6.45, 7) is 0.540. The molecule has 9 heteroatoms. The third-order valence-corrected chi connectivity index (χ3v) is 6.13. The quantitative estimate of drug-likeness (QED) is 0.710. The van der Waals surface area contributed by atoms with Crippen LogP contribution < -0.4 is 15.0 Å². The molecule has 1 aromatic carbocycles. The topological polar surface area (TPSA) is 84.4 Å². The lowest BCUT2D eigenvalue weighted by molar-refractivity contribution is -0.117. The molecule has 1 atom stereocenters. The molecule has 0 unspecified atom stereocenters. The SMILES string of the molecule is COc1ccc(N2C[C@H](c3nnc(NC(=O)c4cccs4)s3)CC2=O)cc1. The van der Waals surface area contributed by atoms with E-state index in [9.17, 15) is 9.59 Å². The Morgan fingerprint density at radius 2 is 2.07 bits per heavy atom. The van der Waals surface area contributed by atoms with E-state index in [4.69, 9.17) is 4.74 Å². The average Bonchev–Trinajstić information content (AvgIpc) is 3.42. The fourth-order valence-electron chi connectivity index (χ4n) is 2.90. The Morgan fingerprint density at radius 1 is 1.26 bits per heavy atom. The van der Waals surface area contributed by atoms with Crippen molar-refractivity contribution < 1.29 is 14.3 Å². The van der Waals surface area contributed by atoms with Gasteiger partial charge in [-0.05, 0) is 35.7 Å². The summed E-state index contributed by atoms with van der Waals surface area (Å²) in [6.07, 6.45) is 0.375. The highest BCUT2D eigenvalue weighted by atomic mass is 32.1. The number of thiophene rings is 1. The van der Waals surface area contributed by atoms with Crippen molar-refractivity contribution in [1.82, 2.24) is 10.2 Å². The molecule has 2 aromatic heterocycles. The van der Waals surface area contributed by atoms with Crippen LogP contribution in [-0.2, 0) is 4.79 Å². The smallest absolute Gasteiger partial charge is 0.267 e. The van der Waals surface area contributed by atoms with Crippen molar-refractivity contribution in [2.45, 2.75) is 12.3 Å². The largest absolute Gasteiger partial charge is 0.497 e. The van der Waals surface area contributed by atoms with E-state index >= 15 is 0 Å². The molecule has 0 aliphatic carbocycles. The van der Waals surface area contributed by atoms with Gasteiger partial charge in [0.2, 0.25) is 11.0 Å². The lowest BCUT2D eigenvalue weighted by Gasteiger charge is -2.16. The first-order valence-corrected chi connectivity index (χ1v) is 9.96. The Bertz CT molecular complexity index is 953. The summed E-state index contributed by atoms with van der Waals surface area (Å²) in [5.74, 6) is 0.557. The van der Waals surface area contributed by atoms with E-state index in [1.807, 2.05) is 35.7 Å². The van der Waals surface area contributed by atoms with Gasteiger partial charge < -0.3 is 9.64 Å². The minimum atomic E-state index is -0.199. The van der Waals surface area contributed by atoms with E-state index in [0.29, 0.717) is 23.0 Å². The lowest BCUT2D eigenvalue weighted by Crippen LogP contribution is -2.24. The number of aromatic nitrogens is 2. The van der Waals surface area contributed by atoms with Crippen LogP contribution in [0.2, 0.25) is 0 Å². The molecule has 1 N–H and O–H groups in total. The molecule has 3 heterocycles. The van der Waals surface area contributed by atoms with Gasteiger partial charge in [0.1, 0.15) is 10.8 Å². The molecule has 1 saturated heterocycles. The van der Waals surface area contributed by atoms with Gasteiger partial charge in [-0.1, -0.05) is 17.4 Å². The van der Waals surface area contributed by atoms with Crippen LogP contribution in [0.1, 0.15) is 27.0 Å². The summed E-state index contributed by atoms with van der Waals surface area (Å²) in [5.41, 5.74) is 0.832. The van der Waals surface area contributed by atoms with E-state index < -0.39 is 0 Å². The second-order valence-corrected chi connectivity index (χ2v) is 7.94. The maximum Gasteiger partial charge on any atom is 0.267 e. The highest BCUT2D eigenvalue weighted by Crippen LogP contribution is 2.34. The third kappa shape index (κ3) is 3.69. The number of amides is 2. The second kappa shape index (κ2) is 7.45. The molecule has 2 amide bonds. The summed E-state index contributed by atoms with van der Waals surface area (Å²) >= 11 is 2.68. The fourth-order valence-corrected chi connectivity index (χ4v) is 4.35. The summed E-state index contributed by atoms with van der Waals surface area (Å²) in [7, 11) is 1.61. The monoisotopic (exact) mass is 400 g/mol. The predicted octanol–water partition coefficient (Wildman–Crippen LogP) is 3.38. The third-order valence-electron chi connectivity index (χ3n) is 4.26. The maximum absolute atomic E-state index is 12.4. The van der Waals surface area contributed by atoms with Crippen molar-refractivity contribution in [1.29, 1.82) is 0 Å². The van der Waals surface area contributed by atoms with Gasteiger partial charge in [0.05, 0.1) is 12.0 Å². The average molecular weight is 400 g/mol. The van der Waals surface area contributed by atoms with Gasteiger partial charge in [-0.3, -0.25) is 14.9 Å². The molecule has 3 aromatic rings. The van der Waals surface area contributed by atoms with Crippen LogP contribution in [0.25, 0.3) is 0 Å². The molecule has 1 fully saturated rings. The number of carbonyl (C=O) groups excluding carboxylic acids is 2. The van der Waals surface area contributed by atoms with Crippen LogP contribution >= 0.6 is 22.7 Å². The zero-order chi connectivity index (χ0) is 18.8. The minimum absolute atomic E-state index is 0.0375. The molecule has 1 aliphatic heterocycles. The first kappa shape index (κ1) is 17.6. The van der Waals surface area contributed by atoms with Gasteiger partial charge >= 0.3 is 0 Å². The number of ether oxygens (including phenoxy) is 1. The number of rotatable bonds is 5. The van der Waals surface area contributed by atoms with Crippen molar-refractivity contribution in [3.05, 3.63) is 51.7 Å². The Balaban J connectivity index is 1.44. The minimum Gasteiger partial charge on any atom is -0.497 e. The number of nitrogens with zero attached hydrogens (tertiary/aromatic N) is 3. The molecule has 4 rings (SSSR count). The lowest BCUT2D eigenvalue weighted by atomic mass is 10.1. The van der Waals surface area contributed by atoms with Gasteiger partial charge in [0, 0.05) is 24.6 Å². The zero-order valence-corrected chi connectivity index (χ0v) is 16.0. The molecule has 0 saturated carbocycles. The standard InChI is InChI=1S/C18H16N4O3S2/c1-25-13-6-4-12(5-7-13)22-10-11(9-15(22)23)17-20-21-18(27-17)19-16(24)14-3-2-8-26-14/h2-8,11H,9-10H2,1H3,(H,19,21,24)/t11-/m1/s1. The molecule has 0 radical (unpaired) electrons. The maximum atomic E-state index is 12.4. The van der Waals surface area contributed by atoms with E-state index in [1.54, 1.807) is 18.1 Å². The van der Waals surface area contributed by atoms with Gasteiger partial charge in [-0.2, -0.15) is 0 Å². The van der Waals surface area contributed by atoms with Crippen molar-refractivity contribution >= 4 is 45.3 Å². The van der Waals surface area contributed by atoms with Gasteiger partial charge in [0.25, 0.3) is 5.91 Å². The first-order chi connectivity index (χ1) is 13.1. The van der Waals surface area contributed by atoms with Crippen LogP contribution in [0.4, 0.5) is 10.8 Å². The van der Waals surface area contributed by atoms with E-state index in [2.05, 4.69) is 15.5 Å². The van der Waals surface area contributed by atoms with E-state index in [1.165, 1.54) is 22.7 Å². The molecule has 0 bridgehead atoms. The summed E-state index contributed by atoms with van der Waals surface area (Å²) < 4.78 is 5.16. The summed E-state index contributed by atoms with van der Waals surface area (Å²) in [5, 5.41) is 14.0. The molecule has 0 spiro atoms. The van der Waals surface area contributed by atoms with Crippen LogP contribution in [-0.4, -0.2) is 35.7 Å². The Morgan fingerprint density at radius 3 is 2.78 bits per heavy atom. The predicted molar refractivity (Wildman–Crippen MR) is 105 cm³/mol. The zero-order valence-electron chi connectivity index (χ0n) is 14.4.